The molecule has 0 spiro atoms. The van der Waals surface area contributed by atoms with Gasteiger partial charge in [-0.25, -0.2) is 4.39 Å². The predicted molar refractivity (Wildman–Crippen MR) is 62.5 cm³/mol. The molecular formula is C11H7BrFNO3. The molecule has 0 aliphatic carbocycles. The Hall–Kier alpha value is -1.69. The van der Waals surface area contributed by atoms with Gasteiger partial charge in [0.05, 0.1) is 10.9 Å². The number of hydrogen-bond donors (Lipinski definition) is 0. The van der Waals surface area contributed by atoms with Gasteiger partial charge in [0.15, 0.2) is 0 Å². The van der Waals surface area contributed by atoms with Crippen molar-refractivity contribution in [3.8, 4) is 0 Å². The number of halogens is 2. The standard InChI is InChI=1S/C11H7BrFNO3/c12-11(7-1-3-8(13)4-2-7)9-5-6-10(17-9)14(15)16/h1-6,11H. The summed E-state index contributed by atoms with van der Waals surface area (Å²) in [6.45, 7) is 0. The highest BCUT2D eigenvalue weighted by Gasteiger charge is 2.18. The summed E-state index contributed by atoms with van der Waals surface area (Å²) < 4.78 is 17.8. The molecule has 0 radical (unpaired) electrons. The van der Waals surface area contributed by atoms with Gasteiger partial charge in [-0.2, -0.15) is 0 Å². The fourth-order valence-electron chi connectivity index (χ4n) is 1.37. The van der Waals surface area contributed by atoms with E-state index in [0.29, 0.717) is 5.76 Å². The van der Waals surface area contributed by atoms with Crippen LogP contribution in [0.4, 0.5) is 10.3 Å². The monoisotopic (exact) mass is 299 g/mol. The average Bonchev–Trinajstić information content (AvgIpc) is 2.78. The van der Waals surface area contributed by atoms with Crippen molar-refractivity contribution in [2.45, 2.75) is 4.83 Å². The Kier molecular flexibility index (Phi) is 3.23. The van der Waals surface area contributed by atoms with Crippen LogP contribution in [0, 0.1) is 15.9 Å². The Morgan fingerprint density at radius 1 is 1.24 bits per heavy atom. The molecule has 6 heteroatoms. The topological polar surface area (TPSA) is 56.3 Å². The summed E-state index contributed by atoms with van der Waals surface area (Å²) in [6.07, 6.45) is 0. The SMILES string of the molecule is O=[N+]([O-])c1ccc(C(Br)c2ccc(F)cc2)o1. The lowest BCUT2D eigenvalue weighted by Crippen LogP contribution is -1.91. The van der Waals surface area contributed by atoms with Crippen LogP contribution in [0.3, 0.4) is 0 Å². The van der Waals surface area contributed by atoms with Crippen molar-refractivity contribution < 1.29 is 13.7 Å². The molecule has 1 unspecified atom stereocenters. The molecule has 4 nitrogen and oxygen atoms in total. The van der Waals surface area contributed by atoms with Crippen LogP contribution in [0.2, 0.25) is 0 Å². The van der Waals surface area contributed by atoms with E-state index in [9.17, 15) is 14.5 Å². The van der Waals surface area contributed by atoms with Gasteiger partial charge < -0.3 is 4.42 Å². The highest BCUT2D eigenvalue weighted by atomic mass is 79.9. The molecule has 0 bridgehead atoms. The molecule has 0 N–H and O–H groups in total. The summed E-state index contributed by atoms with van der Waals surface area (Å²) in [5.74, 6) is -0.242. The smallest absolute Gasteiger partial charge is 0.404 e. The van der Waals surface area contributed by atoms with Crippen LogP contribution in [0.25, 0.3) is 0 Å². The molecule has 1 heterocycles. The van der Waals surface area contributed by atoms with Crippen LogP contribution < -0.4 is 0 Å². The first-order valence-electron chi connectivity index (χ1n) is 4.71. The van der Waals surface area contributed by atoms with Crippen molar-refractivity contribution in [3.05, 3.63) is 63.7 Å². The molecule has 1 atom stereocenters. The van der Waals surface area contributed by atoms with E-state index in [4.69, 9.17) is 4.42 Å². The Balaban J connectivity index is 2.27. The van der Waals surface area contributed by atoms with Crippen molar-refractivity contribution in [1.29, 1.82) is 0 Å². The summed E-state index contributed by atoms with van der Waals surface area (Å²) in [7, 11) is 0. The molecule has 2 rings (SSSR count). The Morgan fingerprint density at radius 2 is 1.88 bits per heavy atom. The van der Waals surface area contributed by atoms with Crippen molar-refractivity contribution in [2.24, 2.45) is 0 Å². The summed E-state index contributed by atoms with van der Waals surface area (Å²) in [4.78, 5) is 9.53. The second-order valence-electron chi connectivity index (χ2n) is 3.35. The third-order valence-corrected chi connectivity index (χ3v) is 3.18. The highest BCUT2D eigenvalue weighted by molar-refractivity contribution is 9.09. The Bertz CT molecular complexity index is 538. The summed E-state index contributed by atoms with van der Waals surface area (Å²) in [6, 6.07) is 8.61. The van der Waals surface area contributed by atoms with Crippen molar-refractivity contribution in [1.82, 2.24) is 0 Å². The van der Waals surface area contributed by atoms with Crippen molar-refractivity contribution >= 4 is 21.8 Å². The number of nitrogens with zero attached hydrogens (tertiary/aromatic N) is 1. The number of alkyl halides is 1. The first-order valence-corrected chi connectivity index (χ1v) is 5.63. The molecule has 0 aliphatic rings. The largest absolute Gasteiger partial charge is 0.433 e. The second kappa shape index (κ2) is 4.67. The van der Waals surface area contributed by atoms with E-state index in [2.05, 4.69) is 15.9 Å². The van der Waals surface area contributed by atoms with Gasteiger partial charge in [0.2, 0.25) is 0 Å². The minimum absolute atomic E-state index is 0.313. The molecule has 17 heavy (non-hydrogen) atoms. The molecule has 88 valence electrons. The van der Waals surface area contributed by atoms with E-state index in [1.165, 1.54) is 24.3 Å². The average molecular weight is 300 g/mol. The van der Waals surface area contributed by atoms with Gasteiger partial charge in [-0.3, -0.25) is 10.1 Å². The maximum atomic E-state index is 12.7. The minimum atomic E-state index is -0.603. The third-order valence-electron chi connectivity index (χ3n) is 2.20. The van der Waals surface area contributed by atoms with Crippen LogP contribution in [-0.2, 0) is 0 Å². The maximum absolute atomic E-state index is 12.7. The number of rotatable bonds is 3. The fourth-order valence-corrected chi connectivity index (χ4v) is 1.92. The van der Waals surface area contributed by atoms with Crippen LogP contribution in [0.1, 0.15) is 16.2 Å². The first kappa shape index (κ1) is 11.8. The predicted octanol–water partition coefficient (Wildman–Crippen LogP) is 3.81. The molecule has 0 fully saturated rings. The van der Waals surface area contributed by atoms with E-state index in [1.807, 2.05) is 0 Å². The van der Waals surface area contributed by atoms with Gasteiger partial charge in [0.1, 0.15) is 16.5 Å². The normalized spacial score (nSPS) is 12.4. The van der Waals surface area contributed by atoms with Gasteiger partial charge in [-0.15, -0.1) is 0 Å². The highest BCUT2D eigenvalue weighted by Crippen LogP contribution is 2.33. The van der Waals surface area contributed by atoms with E-state index >= 15 is 0 Å². The van der Waals surface area contributed by atoms with Crippen LogP contribution in [-0.4, -0.2) is 4.92 Å². The van der Waals surface area contributed by atoms with E-state index in [1.54, 1.807) is 12.1 Å². The lowest BCUT2D eigenvalue weighted by Gasteiger charge is -2.06. The van der Waals surface area contributed by atoms with Gasteiger partial charge in [-0.1, -0.05) is 28.1 Å². The fraction of sp³-hybridized carbons (Fsp3) is 0.0909. The molecule has 1 aromatic carbocycles. The van der Waals surface area contributed by atoms with Crippen molar-refractivity contribution in [3.63, 3.8) is 0 Å². The number of nitro groups is 1. The zero-order valence-electron chi connectivity index (χ0n) is 8.47. The lowest BCUT2D eigenvalue weighted by atomic mass is 10.1. The maximum Gasteiger partial charge on any atom is 0.433 e. The minimum Gasteiger partial charge on any atom is -0.404 e. The molecule has 0 amide bonds. The van der Waals surface area contributed by atoms with Gasteiger partial charge in [0, 0.05) is 0 Å². The molecular weight excluding hydrogens is 293 g/mol. The molecule has 2 aromatic rings. The van der Waals surface area contributed by atoms with E-state index in [0.717, 1.165) is 5.56 Å². The lowest BCUT2D eigenvalue weighted by molar-refractivity contribution is -0.402. The number of benzene rings is 1. The van der Waals surface area contributed by atoms with Crippen LogP contribution in [0.15, 0.2) is 40.8 Å². The first-order chi connectivity index (χ1) is 8.08. The van der Waals surface area contributed by atoms with Crippen LogP contribution >= 0.6 is 15.9 Å². The van der Waals surface area contributed by atoms with E-state index < -0.39 is 4.92 Å². The number of furan rings is 1. The molecule has 1 aromatic heterocycles. The van der Waals surface area contributed by atoms with Gasteiger partial charge >= 0.3 is 5.88 Å². The van der Waals surface area contributed by atoms with Gasteiger partial charge in [0.25, 0.3) is 0 Å². The zero-order chi connectivity index (χ0) is 12.4. The molecule has 0 saturated heterocycles. The molecule has 0 saturated carbocycles. The van der Waals surface area contributed by atoms with Crippen LogP contribution in [0.5, 0.6) is 0 Å². The van der Waals surface area contributed by atoms with Gasteiger partial charge in [-0.05, 0) is 23.8 Å². The Labute approximate surface area is 104 Å². The quantitative estimate of drug-likeness (QED) is 0.492. The van der Waals surface area contributed by atoms with E-state index in [-0.39, 0.29) is 16.5 Å². The summed E-state index contributed by atoms with van der Waals surface area (Å²) >= 11 is 3.34. The molecule has 0 aliphatic heterocycles. The second-order valence-corrected chi connectivity index (χ2v) is 4.26. The Morgan fingerprint density at radius 3 is 2.41 bits per heavy atom. The number of hydrogen-bond acceptors (Lipinski definition) is 3. The zero-order valence-corrected chi connectivity index (χ0v) is 10.1. The third kappa shape index (κ3) is 2.52. The summed E-state index contributed by atoms with van der Waals surface area (Å²) in [5, 5.41) is 10.5. The van der Waals surface area contributed by atoms with Crippen molar-refractivity contribution in [2.75, 3.05) is 0 Å². The summed E-state index contributed by atoms with van der Waals surface area (Å²) in [5.41, 5.74) is 0.760.